The predicted molar refractivity (Wildman–Crippen MR) is 138 cm³/mol. The van der Waals surface area contributed by atoms with Crippen LogP contribution in [0.3, 0.4) is 0 Å². The van der Waals surface area contributed by atoms with Gasteiger partial charge in [-0.3, -0.25) is 4.79 Å². The zero-order chi connectivity index (χ0) is 36.1. The molecule has 0 amide bonds. The smallest absolute Gasteiger partial charge is 0.310 e. The minimum absolute atomic E-state index is 0.0162. The average molecular weight is 597 g/mol. The number of aliphatic hydroxyl groups is 2. The van der Waals surface area contributed by atoms with E-state index < -0.39 is 105 Å². The highest BCUT2D eigenvalue weighted by molar-refractivity contribution is 5.79. The van der Waals surface area contributed by atoms with Crippen molar-refractivity contribution in [1.29, 1.82) is 0 Å². The maximum Gasteiger partial charge on any atom is 0.310 e. The molecule has 42 heavy (non-hydrogen) atoms. The van der Waals surface area contributed by atoms with Crippen molar-refractivity contribution in [2.24, 2.45) is 11.8 Å². The van der Waals surface area contributed by atoms with Crippen LogP contribution in [-0.2, 0) is 28.5 Å². The van der Waals surface area contributed by atoms with Crippen molar-refractivity contribution < 1.29 is 73.7 Å². The summed E-state index contributed by atoms with van der Waals surface area (Å²) in [5.41, 5.74) is 0.563. The Bertz CT molecular complexity index is 1630. The summed E-state index contributed by atoms with van der Waals surface area (Å²) in [5.74, 6) is -6.23. The van der Waals surface area contributed by atoms with E-state index in [1.165, 1.54) is 12.1 Å². The molecule has 2 aromatic carbocycles. The molecular weight excluding hydrogens is 556 g/mol. The monoisotopic (exact) mass is 596 g/mol. The number of aromatic hydroxyl groups is 1. The Morgan fingerprint density at radius 3 is 2.38 bits per heavy atom. The van der Waals surface area contributed by atoms with Crippen LogP contribution in [0.5, 0.6) is 28.7 Å². The maximum atomic E-state index is 13.6. The number of esters is 1. The van der Waals surface area contributed by atoms with E-state index in [1.807, 2.05) is 0 Å². The van der Waals surface area contributed by atoms with E-state index in [0.29, 0.717) is 0 Å². The van der Waals surface area contributed by atoms with Gasteiger partial charge in [0, 0.05) is 11.8 Å². The van der Waals surface area contributed by atoms with Crippen LogP contribution in [0.15, 0.2) is 24.3 Å². The summed E-state index contributed by atoms with van der Waals surface area (Å²) >= 11 is 0. The third-order valence-electron chi connectivity index (χ3n) is 8.40. The van der Waals surface area contributed by atoms with Gasteiger partial charge in [0.05, 0.1) is 47.5 Å². The molecule has 7 rings (SSSR count). The molecule has 3 N–H and O–H groups in total. The van der Waals surface area contributed by atoms with Gasteiger partial charge in [0.25, 0.3) is 0 Å². The van der Waals surface area contributed by atoms with Crippen LogP contribution in [0.1, 0.15) is 46.6 Å². The van der Waals surface area contributed by atoms with Crippen molar-refractivity contribution in [2.45, 2.75) is 55.9 Å². The van der Waals surface area contributed by atoms with Crippen LogP contribution >= 0.6 is 0 Å². The Labute approximate surface area is 251 Å². The summed E-state index contributed by atoms with van der Waals surface area (Å²) in [6, 6.07) is 5.03. The minimum Gasteiger partial charge on any atom is -0.502 e. The molecule has 0 saturated carbocycles. The zero-order valence-corrected chi connectivity index (χ0v) is 21.9. The van der Waals surface area contributed by atoms with E-state index in [1.54, 1.807) is 6.92 Å². The van der Waals surface area contributed by atoms with Crippen LogP contribution in [0.2, 0.25) is 0 Å². The van der Waals surface area contributed by atoms with Gasteiger partial charge in [0.15, 0.2) is 35.6 Å². The number of rotatable bonds is 5. The van der Waals surface area contributed by atoms with Crippen LogP contribution < -0.4 is 18.9 Å². The van der Waals surface area contributed by atoms with Gasteiger partial charge in [-0.05, 0) is 47.9 Å². The summed E-state index contributed by atoms with van der Waals surface area (Å²) in [4.78, 5) is 13.6. The first-order valence-electron chi connectivity index (χ1n) is 17.2. The lowest BCUT2D eigenvalue weighted by atomic mass is 9.66. The average Bonchev–Trinajstić information content (AvgIpc) is 3.52. The number of carbonyl (C=O) groups excluding carboxylic acids is 1. The SMILES string of the molecule is [2H]C([2H])([2H])Oc1cc([C@@H]2c3cc4c(cc3[C@@H](O[C@@H]3O[C@@H]5CO[C@@H](C)O[C@H]5[C@H](O)[C@H]3O)[C@H]3COC(=O)[C@H]23)OC([2H])([2H])O4)cc(OC([2H])([2H])[2H])c1O. The normalized spacial score (nSPS) is 41.1. The first-order valence-corrected chi connectivity index (χ1v) is 13.2. The third-order valence-corrected chi connectivity index (χ3v) is 8.40. The van der Waals surface area contributed by atoms with Crippen LogP contribution in [0, 0.1) is 11.8 Å². The second-order valence-electron chi connectivity index (χ2n) is 10.7. The lowest BCUT2D eigenvalue weighted by Gasteiger charge is -2.47. The molecule has 0 aromatic heterocycles. The van der Waals surface area contributed by atoms with Gasteiger partial charge < -0.3 is 58.0 Å². The topological polar surface area (TPSA) is 161 Å². The molecule has 5 aliphatic rings. The van der Waals surface area contributed by atoms with E-state index >= 15 is 0 Å². The van der Waals surface area contributed by atoms with Crippen molar-refractivity contribution in [2.75, 3.05) is 34.0 Å². The summed E-state index contributed by atoms with van der Waals surface area (Å²) in [5, 5.41) is 32.9. The number of cyclic esters (lactones) is 1. The molecular formula is C29H32O13. The third kappa shape index (κ3) is 4.26. The van der Waals surface area contributed by atoms with Gasteiger partial charge >= 0.3 is 5.97 Å². The predicted octanol–water partition coefficient (Wildman–Crippen LogP) is 1.34. The fraction of sp³-hybridized carbons (Fsp3) is 0.552. The maximum absolute atomic E-state index is 13.6. The van der Waals surface area contributed by atoms with Crippen LogP contribution in [-0.4, -0.2) is 92.3 Å². The summed E-state index contributed by atoms with van der Waals surface area (Å²) in [6.45, 7) is -1.16. The molecule has 1 aliphatic carbocycles. The highest BCUT2D eigenvalue weighted by Gasteiger charge is 2.56. The quantitative estimate of drug-likeness (QED) is 0.425. The van der Waals surface area contributed by atoms with Gasteiger partial charge in [-0.2, -0.15) is 0 Å². The number of fused-ring (bicyclic) bond motifs is 4. The fourth-order valence-corrected chi connectivity index (χ4v) is 6.47. The number of benzene rings is 2. The molecule has 0 spiro atoms. The van der Waals surface area contributed by atoms with Gasteiger partial charge in [-0.25, -0.2) is 0 Å². The van der Waals surface area contributed by atoms with Crippen LogP contribution in [0.4, 0.5) is 0 Å². The number of carbonyl (C=O) groups is 1. The fourth-order valence-electron chi connectivity index (χ4n) is 6.47. The summed E-state index contributed by atoms with van der Waals surface area (Å²) < 4.78 is 111. The van der Waals surface area contributed by atoms with E-state index in [9.17, 15) is 20.1 Å². The molecule has 3 saturated heterocycles. The summed E-state index contributed by atoms with van der Waals surface area (Å²) in [6.07, 6.45) is -8.13. The summed E-state index contributed by atoms with van der Waals surface area (Å²) in [7, 11) is -6.19. The van der Waals surface area contributed by atoms with Crippen molar-refractivity contribution in [1.82, 2.24) is 0 Å². The molecule has 13 nitrogen and oxygen atoms in total. The first-order chi connectivity index (χ1) is 23.3. The Morgan fingerprint density at radius 1 is 0.952 bits per heavy atom. The minimum atomic E-state index is -3.10. The Hall–Kier alpha value is -3.33. The first kappa shape index (κ1) is 19.8. The Morgan fingerprint density at radius 2 is 1.67 bits per heavy atom. The molecule has 0 bridgehead atoms. The van der Waals surface area contributed by atoms with Crippen molar-refractivity contribution in [3.63, 3.8) is 0 Å². The molecule has 2 aromatic rings. The molecule has 13 heteroatoms. The molecule has 3 fully saturated rings. The van der Waals surface area contributed by atoms with E-state index in [0.717, 1.165) is 12.1 Å². The second-order valence-corrected chi connectivity index (χ2v) is 10.7. The van der Waals surface area contributed by atoms with E-state index in [-0.39, 0.29) is 41.4 Å². The van der Waals surface area contributed by atoms with Crippen molar-refractivity contribution in [3.8, 4) is 28.7 Å². The highest BCUT2D eigenvalue weighted by Crippen LogP contribution is 2.57. The molecule has 4 heterocycles. The van der Waals surface area contributed by atoms with Gasteiger partial charge in [-0.15, -0.1) is 0 Å². The standard InChI is InChI=1S/C29H32O13/c1-11-36-9-20-27(40-11)24(31)25(32)29(41-20)42-26-14-7-17-16(38-10-39-17)6-13(14)21(22-15(26)8-37-28(22)33)12-4-18(34-2)23(30)19(5-12)35-3/h4-7,11,15,20-22,24-27,29-32H,8-10H2,1-3H3/t11-,15+,20-,21-,22+,24-,25-,26-,27-,29+/m1/s1/i2D3,3D3,10D2. The number of hydrogen-bond acceptors (Lipinski definition) is 13. The van der Waals surface area contributed by atoms with E-state index in [2.05, 4.69) is 0 Å². The number of hydrogen-bond donors (Lipinski definition) is 3. The molecule has 10 atom stereocenters. The molecule has 226 valence electrons. The van der Waals surface area contributed by atoms with Crippen LogP contribution in [0.25, 0.3) is 0 Å². The molecule has 0 unspecified atom stereocenters. The van der Waals surface area contributed by atoms with E-state index in [4.69, 9.17) is 53.6 Å². The largest absolute Gasteiger partial charge is 0.502 e. The van der Waals surface area contributed by atoms with Crippen molar-refractivity contribution in [3.05, 3.63) is 41.0 Å². The number of aliphatic hydroxyl groups excluding tert-OH is 2. The lowest BCUT2D eigenvalue weighted by Crippen LogP contribution is -2.63. The van der Waals surface area contributed by atoms with Crippen molar-refractivity contribution >= 4 is 5.97 Å². The number of phenolic OH excluding ortho intramolecular Hbond substituents is 1. The second kappa shape index (κ2) is 10.4. The zero-order valence-electron chi connectivity index (χ0n) is 29.9. The lowest BCUT2D eigenvalue weighted by molar-refractivity contribution is -0.364. The number of methoxy groups -OCH3 is 2. The highest BCUT2D eigenvalue weighted by atomic mass is 16.8. The Kier molecular flexibility index (Phi) is 4.91. The molecule has 0 radical (unpaired) electrons. The molecule has 4 aliphatic heterocycles. The Balaban J connectivity index is 1.36. The van der Waals surface area contributed by atoms with Gasteiger partial charge in [-0.1, -0.05) is 0 Å². The van der Waals surface area contributed by atoms with Gasteiger partial charge in [0.2, 0.25) is 12.5 Å². The number of ether oxygens (including phenoxy) is 9. The van der Waals surface area contributed by atoms with Gasteiger partial charge in [0.1, 0.15) is 27.2 Å². The number of phenols is 1.